The van der Waals surface area contributed by atoms with Crippen LogP contribution in [0.15, 0.2) is 24.3 Å². The van der Waals surface area contributed by atoms with Crippen LogP contribution in [0.25, 0.3) is 0 Å². The summed E-state index contributed by atoms with van der Waals surface area (Å²) in [5.41, 5.74) is 2.64. The summed E-state index contributed by atoms with van der Waals surface area (Å²) < 4.78 is 32.0. The fourth-order valence-corrected chi connectivity index (χ4v) is 6.93. The Bertz CT molecular complexity index is 840. The molecular formula is C22H32N2O4S. The third-order valence-corrected chi connectivity index (χ3v) is 9.00. The fourth-order valence-electron chi connectivity index (χ4n) is 5.42. The molecule has 1 unspecified atom stereocenters. The van der Waals surface area contributed by atoms with Crippen LogP contribution in [-0.4, -0.2) is 68.7 Å². The molecule has 6 nitrogen and oxygen atoms in total. The van der Waals surface area contributed by atoms with Gasteiger partial charge >= 0.3 is 0 Å². The minimum absolute atomic E-state index is 0.00475. The molecule has 0 aromatic heterocycles. The van der Waals surface area contributed by atoms with Crippen LogP contribution >= 0.6 is 0 Å². The molecule has 1 spiro atoms. The average Bonchev–Trinajstić information content (AvgIpc) is 3.02. The van der Waals surface area contributed by atoms with E-state index in [-0.39, 0.29) is 23.0 Å². The molecule has 2 heterocycles. The van der Waals surface area contributed by atoms with Crippen molar-refractivity contribution in [3.05, 3.63) is 35.4 Å². The van der Waals surface area contributed by atoms with Gasteiger partial charge in [0, 0.05) is 32.6 Å². The van der Waals surface area contributed by atoms with Gasteiger partial charge in [-0.05, 0) is 48.1 Å². The quantitative estimate of drug-likeness (QED) is 0.734. The van der Waals surface area contributed by atoms with Crippen LogP contribution in [0.5, 0.6) is 0 Å². The minimum Gasteiger partial charge on any atom is -0.378 e. The first-order chi connectivity index (χ1) is 14.0. The van der Waals surface area contributed by atoms with Gasteiger partial charge in [-0.15, -0.1) is 0 Å². The lowest BCUT2D eigenvalue weighted by atomic mass is 9.73. The second kappa shape index (κ2) is 8.36. The van der Waals surface area contributed by atoms with Gasteiger partial charge in [-0.1, -0.05) is 31.2 Å². The molecule has 0 N–H and O–H groups in total. The summed E-state index contributed by atoms with van der Waals surface area (Å²) in [7, 11) is -3.14. The summed E-state index contributed by atoms with van der Waals surface area (Å²) >= 11 is 0. The van der Waals surface area contributed by atoms with Crippen LogP contribution < -0.4 is 0 Å². The summed E-state index contributed by atoms with van der Waals surface area (Å²) in [4.78, 5) is 14.8. The molecule has 2 saturated heterocycles. The van der Waals surface area contributed by atoms with Gasteiger partial charge in [-0.25, -0.2) is 12.7 Å². The van der Waals surface area contributed by atoms with E-state index in [2.05, 4.69) is 24.3 Å². The molecule has 2 fully saturated rings. The predicted octanol–water partition coefficient (Wildman–Crippen LogP) is 2.50. The van der Waals surface area contributed by atoms with Gasteiger partial charge in [0.1, 0.15) is 0 Å². The molecule has 1 aromatic rings. The normalized spacial score (nSPS) is 24.6. The maximum Gasteiger partial charge on any atom is 0.223 e. The van der Waals surface area contributed by atoms with Gasteiger partial charge in [-0.3, -0.25) is 4.79 Å². The van der Waals surface area contributed by atoms with Crippen molar-refractivity contribution in [1.29, 1.82) is 0 Å². The summed E-state index contributed by atoms with van der Waals surface area (Å²) in [6.45, 7) is 5.69. The Balaban J connectivity index is 1.49. The molecule has 0 radical (unpaired) electrons. The number of hydrogen-bond acceptors (Lipinski definition) is 4. The third-order valence-electron chi connectivity index (χ3n) is 6.93. The van der Waals surface area contributed by atoms with Crippen molar-refractivity contribution in [2.75, 3.05) is 45.1 Å². The number of rotatable bonds is 5. The highest BCUT2D eigenvalue weighted by Gasteiger charge is 2.47. The zero-order valence-electron chi connectivity index (χ0n) is 17.3. The largest absolute Gasteiger partial charge is 0.378 e. The maximum atomic E-state index is 12.9. The number of fused-ring (bicyclic) bond motifs is 2. The third kappa shape index (κ3) is 4.09. The molecule has 1 aromatic carbocycles. The Morgan fingerprint density at radius 1 is 1.14 bits per heavy atom. The smallest absolute Gasteiger partial charge is 0.223 e. The zero-order valence-corrected chi connectivity index (χ0v) is 18.1. The van der Waals surface area contributed by atoms with Crippen LogP contribution in [0.1, 0.15) is 56.1 Å². The van der Waals surface area contributed by atoms with Gasteiger partial charge in [0.2, 0.25) is 15.9 Å². The molecule has 4 rings (SSSR count). The number of benzene rings is 1. The second-order valence-electron chi connectivity index (χ2n) is 8.68. The van der Waals surface area contributed by atoms with Crippen molar-refractivity contribution in [3.8, 4) is 0 Å². The molecule has 160 valence electrons. The van der Waals surface area contributed by atoms with E-state index in [1.165, 1.54) is 11.1 Å². The lowest BCUT2D eigenvalue weighted by Gasteiger charge is -2.40. The predicted molar refractivity (Wildman–Crippen MR) is 112 cm³/mol. The van der Waals surface area contributed by atoms with Crippen LogP contribution in [0.3, 0.4) is 0 Å². The molecular weight excluding hydrogens is 388 g/mol. The fraction of sp³-hybridized carbons (Fsp3) is 0.682. The summed E-state index contributed by atoms with van der Waals surface area (Å²) in [6.07, 6.45) is 3.82. The molecule has 1 amide bonds. The summed E-state index contributed by atoms with van der Waals surface area (Å²) in [5, 5.41) is 0. The number of carbonyl (C=O) groups is 1. The lowest BCUT2D eigenvalue weighted by molar-refractivity contribution is -0.135. The topological polar surface area (TPSA) is 66.9 Å². The minimum atomic E-state index is -3.14. The number of sulfonamides is 1. The van der Waals surface area contributed by atoms with Crippen molar-refractivity contribution in [2.24, 2.45) is 0 Å². The molecule has 29 heavy (non-hydrogen) atoms. The highest BCUT2D eigenvalue weighted by molar-refractivity contribution is 7.89. The van der Waals surface area contributed by atoms with Gasteiger partial charge in [0.15, 0.2) is 0 Å². The summed E-state index contributed by atoms with van der Waals surface area (Å²) in [6, 6.07) is 8.50. The van der Waals surface area contributed by atoms with E-state index in [0.29, 0.717) is 52.2 Å². The average molecular weight is 421 g/mol. The van der Waals surface area contributed by atoms with E-state index in [9.17, 15) is 13.2 Å². The zero-order chi connectivity index (χ0) is 20.5. The SMILES string of the molecule is CCCS(=O)(=O)N1CCC2(CC1)CC(CC(=O)N1CCOCC1)c1ccccc12. The molecule has 1 aliphatic carbocycles. The highest BCUT2D eigenvalue weighted by Crippen LogP contribution is 2.53. The van der Waals surface area contributed by atoms with E-state index in [1.807, 2.05) is 11.8 Å². The van der Waals surface area contributed by atoms with Crippen molar-refractivity contribution >= 4 is 15.9 Å². The molecule has 0 saturated carbocycles. The van der Waals surface area contributed by atoms with Crippen molar-refractivity contribution in [3.63, 3.8) is 0 Å². The number of morpholine rings is 1. The molecule has 7 heteroatoms. The molecule has 0 bridgehead atoms. The van der Waals surface area contributed by atoms with Crippen LogP contribution in [-0.2, 0) is 25.0 Å². The van der Waals surface area contributed by atoms with Crippen LogP contribution in [0.2, 0.25) is 0 Å². The number of amides is 1. The van der Waals surface area contributed by atoms with E-state index < -0.39 is 10.0 Å². The monoisotopic (exact) mass is 420 g/mol. The maximum absolute atomic E-state index is 12.9. The number of ether oxygens (including phenoxy) is 1. The Morgan fingerprint density at radius 3 is 2.52 bits per heavy atom. The molecule has 2 aliphatic heterocycles. The van der Waals surface area contributed by atoms with E-state index in [0.717, 1.165) is 19.3 Å². The van der Waals surface area contributed by atoms with Crippen molar-refractivity contribution < 1.29 is 17.9 Å². The molecule has 1 atom stereocenters. The lowest BCUT2D eigenvalue weighted by Crippen LogP contribution is -2.45. The Labute approximate surface area is 174 Å². The number of nitrogens with zero attached hydrogens (tertiary/aromatic N) is 2. The Kier molecular flexibility index (Phi) is 6.00. The number of piperidine rings is 1. The van der Waals surface area contributed by atoms with E-state index in [1.54, 1.807) is 4.31 Å². The second-order valence-corrected chi connectivity index (χ2v) is 10.8. The summed E-state index contributed by atoms with van der Waals surface area (Å²) in [5.74, 6) is 0.668. The van der Waals surface area contributed by atoms with Crippen molar-refractivity contribution in [2.45, 2.75) is 50.4 Å². The number of hydrogen-bond donors (Lipinski definition) is 0. The van der Waals surface area contributed by atoms with Gasteiger partial charge in [0.25, 0.3) is 0 Å². The number of carbonyl (C=O) groups excluding carboxylic acids is 1. The first-order valence-corrected chi connectivity index (χ1v) is 12.5. The van der Waals surface area contributed by atoms with Gasteiger partial charge in [-0.2, -0.15) is 0 Å². The van der Waals surface area contributed by atoms with Gasteiger partial charge < -0.3 is 9.64 Å². The van der Waals surface area contributed by atoms with Gasteiger partial charge in [0.05, 0.1) is 19.0 Å². The Hall–Kier alpha value is -1.44. The van der Waals surface area contributed by atoms with Crippen LogP contribution in [0.4, 0.5) is 0 Å². The first kappa shape index (κ1) is 20.8. The first-order valence-electron chi connectivity index (χ1n) is 10.9. The standard InChI is InChI=1S/C22H32N2O4S/c1-2-15-29(26,27)24-9-7-22(8-10-24)17-18(19-5-3-4-6-20(19)22)16-21(25)23-11-13-28-14-12-23/h3-6,18H,2,7-17H2,1H3. The highest BCUT2D eigenvalue weighted by atomic mass is 32.2. The van der Waals surface area contributed by atoms with E-state index >= 15 is 0 Å². The van der Waals surface area contributed by atoms with Crippen molar-refractivity contribution in [1.82, 2.24) is 9.21 Å². The van der Waals surface area contributed by atoms with Crippen LogP contribution in [0, 0.1) is 0 Å². The Morgan fingerprint density at radius 2 is 1.83 bits per heavy atom. The van der Waals surface area contributed by atoms with E-state index in [4.69, 9.17) is 4.74 Å². The molecule has 3 aliphatic rings.